The van der Waals surface area contributed by atoms with Crippen molar-refractivity contribution in [3.8, 4) is 11.4 Å². The third kappa shape index (κ3) is 4.79. The number of hydrogen-bond acceptors (Lipinski definition) is 4. The topological polar surface area (TPSA) is 56.9 Å². The van der Waals surface area contributed by atoms with Gasteiger partial charge in [-0.1, -0.05) is 24.3 Å². The van der Waals surface area contributed by atoms with Crippen molar-refractivity contribution in [2.24, 2.45) is 0 Å². The number of Topliss-reactive ketones (excluding diaryl/α,β-unsaturated/α-hetero) is 2. The second-order valence-electron chi connectivity index (χ2n) is 8.93. The zero-order chi connectivity index (χ0) is 25.2. The van der Waals surface area contributed by atoms with Gasteiger partial charge < -0.3 is 4.57 Å². The average Bonchev–Trinajstić information content (AvgIpc) is 3.71. The molecule has 0 saturated carbocycles. The van der Waals surface area contributed by atoms with Crippen LogP contribution in [0.15, 0.2) is 115 Å². The van der Waals surface area contributed by atoms with Gasteiger partial charge in [-0.15, -0.1) is 11.3 Å². The van der Waals surface area contributed by atoms with Gasteiger partial charge in [-0.3, -0.25) is 9.59 Å². The number of fused-ring (bicyclic) bond motifs is 1. The predicted octanol–water partition coefficient (Wildman–Crippen LogP) is 6.73. The fourth-order valence-electron chi connectivity index (χ4n) is 4.48. The van der Waals surface area contributed by atoms with Crippen LogP contribution in [-0.2, 0) is 12.8 Å². The molecule has 0 amide bonds. The third-order valence-corrected chi connectivity index (χ3v) is 7.34. The van der Waals surface area contributed by atoms with Crippen LogP contribution in [0, 0.1) is 0 Å². The fourth-order valence-corrected chi connectivity index (χ4v) is 5.14. The SMILES string of the molecule is O=C(Cc1ccc2c(cnn2-c2ccc(CC(=O)c3cccs3)cc2)c1)c1ccc(-n2cccc2)cc1. The number of carbonyl (C=O) groups is 2. The summed E-state index contributed by atoms with van der Waals surface area (Å²) in [7, 11) is 0. The van der Waals surface area contributed by atoms with Crippen LogP contribution in [0.4, 0.5) is 0 Å². The number of benzene rings is 3. The molecule has 6 heteroatoms. The van der Waals surface area contributed by atoms with Gasteiger partial charge in [-0.2, -0.15) is 5.10 Å². The van der Waals surface area contributed by atoms with E-state index in [0.29, 0.717) is 18.4 Å². The smallest absolute Gasteiger partial charge is 0.177 e. The van der Waals surface area contributed by atoms with E-state index in [-0.39, 0.29) is 11.6 Å². The Balaban J connectivity index is 1.16. The van der Waals surface area contributed by atoms with Gasteiger partial charge in [-0.25, -0.2) is 4.68 Å². The van der Waals surface area contributed by atoms with Crippen molar-refractivity contribution >= 4 is 33.8 Å². The lowest BCUT2D eigenvalue weighted by Crippen LogP contribution is -2.04. The molecule has 0 unspecified atom stereocenters. The molecule has 0 spiro atoms. The summed E-state index contributed by atoms with van der Waals surface area (Å²) >= 11 is 1.47. The summed E-state index contributed by atoms with van der Waals surface area (Å²) in [5.74, 6) is 0.213. The quantitative estimate of drug-likeness (QED) is 0.217. The van der Waals surface area contributed by atoms with E-state index in [1.807, 2.05) is 124 Å². The Morgan fingerprint density at radius 3 is 2.16 bits per heavy atom. The van der Waals surface area contributed by atoms with Crippen molar-refractivity contribution in [3.05, 3.63) is 137 Å². The minimum Gasteiger partial charge on any atom is -0.324 e. The van der Waals surface area contributed by atoms with E-state index >= 15 is 0 Å². The molecule has 0 atom stereocenters. The monoisotopic (exact) mass is 501 g/mol. The van der Waals surface area contributed by atoms with Crippen LogP contribution in [0.1, 0.15) is 31.2 Å². The van der Waals surface area contributed by atoms with E-state index in [9.17, 15) is 9.59 Å². The Morgan fingerprint density at radius 2 is 1.43 bits per heavy atom. The van der Waals surface area contributed by atoms with E-state index in [1.165, 1.54) is 11.3 Å². The fraction of sp³-hybridized carbons (Fsp3) is 0.0645. The normalized spacial score (nSPS) is 11.1. The van der Waals surface area contributed by atoms with Crippen LogP contribution in [0.25, 0.3) is 22.3 Å². The standard InChI is InChI=1S/C31H23N3O2S/c35-29(24-8-12-26(13-9-24)33-15-1-2-16-33)20-23-7-14-28-25(18-23)21-32-34(28)27-10-5-22(6-11-27)19-30(36)31-4-3-17-37-31/h1-18,21H,19-20H2. The average molecular weight is 502 g/mol. The van der Waals surface area contributed by atoms with Gasteiger partial charge in [-0.05, 0) is 83.2 Å². The molecular weight excluding hydrogens is 478 g/mol. The molecule has 5 nitrogen and oxygen atoms in total. The summed E-state index contributed by atoms with van der Waals surface area (Å²) in [5, 5.41) is 7.47. The zero-order valence-corrected chi connectivity index (χ0v) is 20.8. The van der Waals surface area contributed by atoms with Gasteiger partial charge in [0.05, 0.1) is 22.3 Å². The first kappa shape index (κ1) is 22.9. The van der Waals surface area contributed by atoms with Crippen molar-refractivity contribution in [2.75, 3.05) is 0 Å². The Morgan fingerprint density at radius 1 is 0.730 bits per heavy atom. The van der Waals surface area contributed by atoms with Crippen LogP contribution >= 0.6 is 11.3 Å². The molecule has 3 aromatic carbocycles. The highest BCUT2D eigenvalue weighted by Gasteiger charge is 2.12. The van der Waals surface area contributed by atoms with Crippen LogP contribution in [0.5, 0.6) is 0 Å². The highest BCUT2D eigenvalue weighted by atomic mass is 32.1. The Hall–Kier alpha value is -4.55. The van der Waals surface area contributed by atoms with Crippen LogP contribution in [0.3, 0.4) is 0 Å². The number of rotatable bonds is 8. The van der Waals surface area contributed by atoms with E-state index in [2.05, 4.69) is 5.10 Å². The molecule has 3 aromatic heterocycles. The number of carbonyl (C=O) groups excluding carboxylic acids is 2. The van der Waals surface area contributed by atoms with Gasteiger partial charge in [0.2, 0.25) is 0 Å². The number of ketones is 2. The Kier molecular flexibility index (Phi) is 6.08. The summed E-state index contributed by atoms with van der Waals surface area (Å²) in [6, 6.07) is 29.3. The van der Waals surface area contributed by atoms with E-state index < -0.39 is 0 Å². The molecule has 180 valence electrons. The second kappa shape index (κ2) is 9.84. The van der Waals surface area contributed by atoms with E-state index in [4.69, 9.17) is 0 Å². The van der Waals surface area contributed by atoms with Crippen molar-refractivity contribution in [1.29, 1.82) is 0 Å². The largest absolute Gasteiger partial charge is 0.324 e. The highest BCUT2D eigenvalue weighted by molar-refractivity contribution is 7.12. The number of hydrogen-bond donors (Lipinski definition) is 0. The molecule has 3 heterocycles. The molecule has 0 aliphatic carbocycles. The summed E-state index contributed by atoms with van der Waals surface area (Å²) in [6.45, 7) is 0. The van der Waals surface area contributed by atoms with Crippen LogP contribution < -0.4 is 0 Å². The van der Waals surface area contributed by atoms with Crippen molar-refractivity contribution in [1.82, 2.24) is 14.3 Å². The molecule has 37 heavy (non-hydrogen) atoms. The molecule has 0 radical (unpaired) electrons. The van der Waals surface area contributed by atoms with Crippen LogP contribution in [-0.4, -0.2) is 25.9 Å². The first-order valence-electron chi connectivity index (χ1n) is 12.0. The lowest BCUT2D eigenvalue weighted by atomic mass is 10.0. The Bertz CT molecular complexity index is 1680. The molecule has 0 bridgehead atoms. The van der Waals surface area contributed by atoms with Crippen molar-refractivity contribution < 1.29 is 9.59 Å². The number of nitrogens with zero attached hydrogens (tertiary/aromatic N) is 3. The third-order valence-electron chi connectivity index (χ3n) is 6.43. The summed E-state index contributed by atoms with van der Waals surface area (Å²) in [5.41, 5.74) is 5.54. The molecule has 0 aliphatic heterocycles. The Labute approximate surface area is 218 Å². The molecular formula is C31H23N3O2S. The lowest BCUT2D eigenvalue weighted by Gasteiger charge is -2.07. The summed E-state index contributed by atoms with van der Waals surface area (Å²) < 4.78 is 3.89. The minimum atomic E-state index is 0.0819. The van der Waals surface area contributed by atoms with Gasteiger partial charge >= 0.3 is 0 Å². The molecule has 0 aliphatic rings. The molecule has 0 fully saturated rings. The van der Waals surface area contributed by atoms with E-state index in [1.54, 1.807) is 0 Å². The predicted molar refractivity (Wildman–Crippen MR) is 147 cm³/mol. The minimum absolute atomic E-state index is 0.0819. The van der Waals surface area contributed by atoms with E-state index in [0.717, 1.165) is 38.3 Å². The first-order valence-corrected chi connectivity index (χ1v) is 12.9. The van der Waals surface area contributed by atoms with Crippen molar-refractivity contribution in [2.45, 2.75) is 12.8 Å². The van der Waals surface area contributed by atoms with Crippen molar-refractivity contribution in [3.63, 3.8) is 0 Å². The van der Waals surface area contributed by atoms with Gasteiger partial charge in [0, 0.05) is 41.9 Å². The number of thiophene rings is 1. The molecule has 0 N–H and O–H groups in total. The zero-order valence-electron chi connectivity index (χ0n) is 20.0. The molecule has 6 aromatic rings. The van der Waals surface area contributed by atoms with Gasteiger partial charge in [0.1, 0.15) is 0 Å². The summed E-state index contributed by atoms with van der Waals surface area (Å²) in [6.07, 6.45) is 6.50. The lowest BCUT2D eigenvalue weighted by molar-refractivity contribution is 0.0986. The second-order valence-corrected chi connectivity index (χ2v) is 9.88. The first-order chi connectivity index (χ1) is 18.1. The van der Waals surface area contributed by atoms with Gasteiger partial charge in [0.15, 0.2) is 11.6 Å². The maximum absolute atomic E-state index is 12.9. The maximum atomic E-state index is 12.9. The molecule has 0 saturated heterocycles. The number of aromatic nitrogens is 3. The van der Waals surface area contributed by atoms with Crippen LogP contribution in [0.2, 0.25) is 0 Å². The maximum Gasteiger partial charge on any atom is 0.177 e. The highest BCUT2D eigenvalue weighted by Crippen LogP contribution is 2.22. The summed E-state index contributed by atoms with van der Waals surface area (Å²) in [4.78, 5) is 26.1. The van der Waals surface area contributed by atoms with Gasteiger partial charge in [0.25, 0.3) is 0 Å². The molecule has 6 rings (SSSR count).